The summed E-state index contributed by atoms with van der Waals surface area (Å²) in [5.41, 5.74) is 3.45. The number of nitro groups is 1. The van der Waals surface area contributed by atoms with Gasteiger partial charge in [-0.05, 0) is 38.3 Å². The molecule has 0 aliphatic carbocycles. The molecule has 182 valence electrons. The number of hydrogen-bond acceptors (Lipinski definition) is 11. The smallest absolute Gasteiger partial charge is 0.274 e. The number of anilines is 4. The van der Waals surface area contributed by atoms with Crippen molar-refractivity contribution in [2.24, 2.45) is 5.10 Å². The molecule has 1 aromatic heterocycles. The zero-order valence-corrected chi connectivity index (χ0v) is 19.2. The minimum atomic E-state index is -0.564. The van der Waals surface area contributed by atoms with Crippen LogP contribution in [0, 0.1) is 10.1 Å². The standard InChI is InChI=1S/C23H26N8O4/c1-2-35-19-14-18(31(33)34)13-16(20(19)32)15-24-29-22-26-21(25-17-9-5-3-6-10-17)27-23(28-22)30-11-7-4-8-12-30/h3,5-6,9-10,13-15,32H,2,4,7-8,11-12H2,1H3,(H2,25,26,27,28,29)/b24-15+. The lowest BCUT2D eigenvalue weighted by atomic mass is 10.1. The van der Waals surface area contributed by atoms with E-state index < -0.39 is 4.92 Å². The fourth-order valence-electron chi connectivity index (χ4n) is 3.60. The molecule has 0 unspecified atom stereocenters. The Kier molecular flexibility index (Phi) is 7.50. The first-order valence-corrected chi connectivity index (χ1v) is 11.3. The third-order valence-electron chi connectivity index (χ3n) is 5.26. The second-order valence-electron chi connectivity index (χ2n) is 7.76. The van der Waals surface area contributed by atoms with E-state index in [0.29, 0.717) is 11.9 Å². The van der Waals surface area contributed by atoms with E-state index in [0.717, 1.165) is 31.6 Å². The molecule has 3 N–H and O–H groups in total. The predicted molar refractivity (Wildman–Crippen MR) is 133 cm³/mol. The van der Waals surface area contributed by atoms with Crippen LogP contribution in [0.5, 0.6) is 11.5 Å². The molecule has 12 nitrogen and oxygen atoms in total. The molecule has 3 aromatic rings. The van der Waals surface area contributed by atoms with Crippen LogP contribution < -0.4 is 20.4 Å². The molecule has 4 rings (SSSR count). The van der Waals surface area contributed by atoms with Crippen LogP contribution in [0.25, 0.3) is 0 Å². The van der Waals surface area contributed by atoms with E-state index in [1.54, 1.807) is 6.92 Å². The van der Waals surface area contributed by atoms with Crippen molar-refractivity contribution in [2.75, 3.05) is 35.3 Å². The first-order chi connectivity index (χ1) is 17.0. The van der Waals surface area contributed by atoms with Crippen LogP contribution in [0.4, 0.5) is 29.2 Å². The van der Waals surface area contributed by atoms with Gasteiger partial charge in [-0.15, -0.1) is 0 Å². The summed E-state index contributed by atoms with van der Waals surface area (Å²) >= 11 is 0. The Morgan fingerprint density at radius 3 is 2.60 bits per heavy atom. The number of hydrazone groups is 1. The molecule has 35 heavy (non-hydrogen) atoms. The number of aromatic hydroxyl groups is 1. The Morgan fingerprint density at radius 2 is 1.89 bits per heavy atom. The number of hydrogen-bond donors (Lipinski definition) is 3. The first-order valence-electron chi connectivity index (χ1n) is 11.3. The monoisotopic (exact) mass is 478 g/mol. The van der Waals surface area contributed by atoms with Crippen LogP contribution in [0.15, 0.2) is 47.6 Å². The van der Waals surface area contributed by atoms with Gasteiger partial charge in [0.2, 0.25) is 17.8 Å². The van der Waals surface area contributed by atoms with E-state index in [2.05, 4.69) is 35.7 Å². The van der Waals surface area contributed by atoms with Gasteiger partial charge in [0.05, 0.1) is 23.8 Å². The second-order valence-corrected chi connectivity index (χ2v) is 7.76. The third-order valence-corrected chi connectivity index (χ3v) is 5.26. The van der Waals surface area contributed by atoms with Crippen molar-refractivity contribution in [3.63, 3.8) is 0 Å². The van der Waals surface area contributed by atoms with Crippen molar-refractivity contribution in [1.29, 1.82) is 0 Å². The van der Waals surface area contributed by atoms with Gasteiger partial charge in [-0.25, -0.2) is 5.43 Å². The zero-order valence-electron chi connectivity index (χ0n) is 19.2. The molecule has 0 spiro atoms. The number of ether oxygens (including phenoxy) is 1. The van der Waals surface area contributed by atoms with Gasteiger partial charge in [0.25, 0.3) is 5.69 Å². The molecular formula is C23H26N8O4. The quantitative estimate of drug-likeness (QED) is 0.233. The molecule has 2 aromatic carbocycles. The van der Waals surface area contributed by atoms with Gasteiger partial charge < -0.3 is 20.1 Å². The van der Waals surface area contributed by atoms with Crippen molar-refractivity contribution in [3.05, 3.63) is 58.1 Å². The largest absolute Gasteiger partial charge is 0.504 e. The van der Waals surface area contributed by atoms with Crippen LogP contribution in [0.1, 0.15) is 31.7 Å². The highest BCUT2D eigenvalue weighted by Gasteiger charge is 2.18. The molecule has 12 heteroatoms. The summed E-state index contributed by atoms with van der Waals surface area (Å²) in [6.07, 6.45) is 4.53. The van der Waals surface area contributed by atoms with Crippen molar-refractivity contribution >= 4 is 35.4 Å². The number of benzene rings is 2. The predicted octanol–water partition coefficient (Wildman–Crippen LogP) is 4.06. The van der Waals surface area contributed by atoms with Crippen LogP contribution in [0.2, 0.25) is 0 Å². The molecule has 1 aliphatic rings. The summed E-state index contributed by atoms with van der Waals surface area (Å²) in [5, 5.41) is 28.9. The van der Waals surface area contributed by atoms with Crippen LogP contribution >= 0.6 is 0 Å². The highest BCUT2D eigenvalue weighted by molar-refractivity contribution is 5.86. The molecule has 0 amide bonds. The third kappa shape index (κ3) is 6.10. The average molecular weight is 479 g/mol. The SMILES string of the molecule is CCOc1cc([N+](=O)[O-])cc(/C=N/Nc2nc(Nc3ccccc3)nc(N3CCCCC3)n2)c1O. The number of piperidine rings is 1. The number of phenolic OH excluding ortho intramolecular Hbond substituents is 1. The van der Waals surface area contributed by atoms with E-state index in [1.807, 2.05) is 30.3 Å². The summed E-state index contributed by atoms with van der Waals surface area (Å²) in [5.74, 6) is 0.809. The van der Waals surface area contributed by atoms with Gasteiger partial charge in [0, 0.05) is 30.4 Å². The van der Waals surface area contributed by atoms with Gasteiger partial charge in [0.15, 0.2) is 11.5 Å². The maximum Gasteiger partial charge on any atom is 0.274 e. The van der Waals surface area contributed by atoms with Gasteiger partial charge in [-0.1, -0.05) is 18.2 Å². The molecule has 0 bridgehead atoms. The van der Waals surface area contributed by atoms with Crippen molar-refractivity contribution in [3.8, 4) is 11.5 Å². The van der Waals surface area contributed by atoms with Crippen molar-refractivity contribution in [1.82, 2.24) is 15.0 Å². The molecule has 1 fully saturated rings. The number of phenols is 1. The summed E-state index contributed by atoms with van der Waals surface area (Å²) < 4.78 is 5.30. The maximum atomic E-state index is 11.3. The number of rotatable bonds is 9. The molecule has 0 radical (unpaired) electrons. The number of non-ortho nitro benzene ring substituents is 1. The minimum Gasteiger partial charge on any atom is -0.504 e. The van der Waals surface area contributed by atoms with Gasteiger partial charge in [0.1, 0.15) is 0 Å². The highest BCUT2D eigenvalue weighted by atomic mass is 16.6. The Balaban J connectivity index is 1.60. The number of nitro benzene ring substituents is 1. The first kappa shape index (κ1) is 23.7. The molecular weight excluding hydrogens is 452 g/mol. The molecule has 1 aliphatic heterocycles. The van der Waals surface area contributed by atoms with E-state index in [4.69, 9.17) is 4.74 Å². The van der Waals surface area contributed by atoms with E-state index in [1.165, 1.54) is 24.8 Å². The van der Waals surface area contributed by atoms with Crippen LogP contribution in [0.3, 0.4) is 0 Å². The molecule has 1 saturated heterocycles. The number of para-hydroxylation sites is 1. The fraction of sp³-hybridized carbons (Fsp3) is 0.304. The Bertz CT molecular complexity index is 1200. The Morgan fingerprint density at radius 1 is 1.14 bits per heavy atom. The number of aromatic nitrogens is 3. The van der Waals surface area contributed by atoms with Crippen molar-refractivity contribution < 1.29 is 14.8 Å². The Labute approximate surface area is 201 Å². The van der Waals surface area contributed by atoms with Gasteiger partial charge in [-0.3, -0.25) is 10.1 Å². The van der Waals surface area contributed by atoms with Crippen LogP contribution in [-0.2, 0) is 0 Å². The summed E-state index contributed by atoms with van der Waals surface area (Å²) in [7, 11) is 0. The lowest BCUT2D eigenvalue weighted by molar-refractivity contribution is -0.385. The second kappa shape index (κ2) is 11.1. The average Bonchev–Trinajstić information content (AvgIpc) is 2.87. The summed E-state index contributed by atoms with van der Waals surface area (Å²) in [6, 6.07) is 11.9. The van der Waals surface area contributed by atoms with Gasteiger partial charge in [-0.2, -0.15) is 20.1 Å². The van der Waals surface area contributed by atoms with E-state index in [-0.39, 0.29) is 35.3 Å². The number of nitrogens with zero attached hydrogens (tertiary/aromatic N) is 6. The maximum absolute atomic E-state index is 11.3. The van der Waals surface area contributed by atoms with Crippen molar-refractivity contribution in [2.45, 2.75) is 26.2 Å². The summed E-state index contributed by atoms with van der Waals surface area (Å²) in [6.45, 7) is 3.65. The summed E-state index contributed by atoms with van der Waals surface area (Å²) in [4.78, 5) is 26.2. The van der Waals surface area contributed by atoms with E-state index >= 15 is 0 Å². The molecule has 0 atom stereocenters. The highest BCUT2D eigenvalue weighted by Crippen LogP contribution is 2.34. The molecule has 2 heterocycles. The lowest BCUT2D eigenvalue weighted by Gasteiger charge is -2.26. The van der Waals surface area contributed by atoms with Crippen LogP contribution in [-0.4, -0.2) is 50.9 Å². The zero-order chi connectivity index (χ0) is 24.6. The lowest BCUT2D eigenvalue weighted by Crippen LogP contribution is -2.31. The topological polar surface area (TPSA) is 151 Å². The fourth-order valence-corrected chi connectivity index (χ4v) is 3.60. The molecule has 0 saturated carbocycles. The minimum absolute atomic E-state index is 0.00467. The van der Waals surface area contributed by atoms with E-state index in [9.17, 15) is 15.2 Å². The normalized spacial score (nSPS) is 13.6. The Hall–Kier alpha value is -4.48. The van der Waals surface area contributed by atoms with Gasteiger partial charge >= 0.3 is 0 Å². The number of nitrogens with one attached hydrogen (secondary N) is 2.